The van der Waals surface area contributed by atoms with E-state index in [-0.39, 0.29) is 5.91 Å². The van der Waals surface area contributed by atoms with Crippen LogP contribution in [0.3, 0.4) is 0 Å². The van der Waals surface area contributed by atoms with E-state index in [1.165, 1.54) is 0 Å². The van der Waals surface area contributed by atoms with E-state index in [1.807, 2.05) is 0 Å². The Labute approximate surface area is 128 Å². The number of nitrogens with one attached hydrogen (secondary N) is 1. The zero-order chi connectivity index (χ0) is 15.0. The summed E-state index contributed by atoms with van der Waals surface area (Å²) in [5.74, 6) is 1.67. The van der Waals surface area contributed by atoms with Gasteiger partial charge in [0.1, 0.15) is 5.54 Å². The summed E-state index contributed by atoms with van der Waals surface area (Å²) in [5, 5.41) is 7.31. The predicted molar refractivity (Wildman–Crippen MR) is 78.1 cm³/mol. The molecular formula is C16H18N4O2. The molecule has 2 aromatic rings. The largest absolute Gasteiger partial charge is 0.339 e. The van der Waals surface area contributed by atoms with Crippen LogP contribution < -0.4 is 5.32 Å². The summed E-state index contributed by atoms with van der Waals surface area (Å²) in [6, 6.07) is 3.42. The number of nitrogens with zero attached hydrogens (tertiary/aromatic N) is 3. The lowest BCUT2D eigenvalue weighted by molar-refractivity contribution is 0.0892. The Balaban J connectivity index is 1.60. The van der Waals surface area contributed by atoms with Crippen molar-refractivity contribution in [3.05, 3.63) is 41.8 Å². The molecule has 4 rings (SSSR count). The van der Waals surface area contributed by atoms with Crippen LogP contribution in [0.4, 0.5) is 0 Å². The smallest absolute Gasteiger partial charge is 0.252 e. The lowest BCUT2D eigenvalue weighted by Crippen LogP contribution is -2.44. The first kappa shape index (κ1) is 13.4. The van der Waals surface area contributed by atoms with Crippen molar-refractivity contribution < 1.29 is 9.32 Å². The first-order valence-corrected chi connectivity index (χ1v) is 7.83. The Morgan fingerprint density at radius 2 is 1.95 bits per heavy atom. The van der Waals surface area contributed by atoms with Crippen LogP contribution in [0.1, 0.15) is 66.5 Å². The van der Waals surface area contributed by atoms with Crippen LogP contribution in [0.25, 0.3) is 0 Å². The van der Waals surface area contributed by atoms with Gasteiger partial charge in [0, 0.05) is 23.9 Å². The summed E-state index contributed by atoms with van der Waals surface area (Å²) in [6.45, 7) is 0. The summed E-state index contributed by atoms with van der Waals surface area (Å²) in [7, 11) is 0. The van der Waals surface area contributed by atoms with Crippen LogP contribution >= 0.6 is 0 Å². The fraction of sp³-hybridized carbons (Fsp3) is 0.500. The molecule has 2 aromatic heterocycles. The van der Waals surface area contributed by atoms with Gasteiger partial charge in [-0.05, 0) is 37.8 Å². The second kappa shape index (κ2) is 5.19. The highest BCUT2D eigenvalue weighted by Gasteiger charge is 2.42. The van der Waals surface area contributed by atoms with E-state index >= 15 is 0 Å². The Kier molecular flexibility index (Phi) is 3.17. The second-order valence-corrected chi connectivity index (χ2v) is 6.21. The van der Waals surface area contributed by atoms with E-state index < -0.39 is 5.54 Å². The number of aromatic nitrogens is 3. The Bertz CT molecular complexity index is 672. The van der Waals surface area contributed by atoms with E-state index in [1.54, 1.807) is 24.5 Å². The summed E-state index contributed by atoms with van der Waals surface area (Å²) >= 11 is 0. The molecule has 0 saturated heterocycles. The van der Waals surface area contributed by atoms with Crippen molar-refractivity contribution in [2.45, 2.75) is 50.0 Å². The van der Waals surface area contributed by atoms with Crippen LogP contribution in [-0.2, 0) is 5.54 Å². The van der Waals surface area contributed by atoms with Gasteiger partial charge in [-0.3, -0.25) is 9.78 Å². The summed E-state index contributed by atoms with van der Waals surface area (Å²) in [6.07, 6.45) is 9.32. The second-order valence-electron chi connectivity index (χ2n) is 6.21. The van der Waals surface area contributed by atoms with Crippen LogP contribution in [0, 0.1) is 0 Å². The number of hydrogen-bond donors (Lipinski definition) is 1. The van der Waals surface area contributed by atoms with Gasteiger partial charge < -0.3 is 9.84 Å². The van der Waals surface area contributed by atoms with Crippen LogP contribution in [0.5, 0.6) is 0 Å². The van der Waals surface area contributed by atoms with E-state index in [4.69, 9.17) is 4.52 Å². The molecule has 2 fully saturated rings. The minimum Gasteiger partial charge on any atom is -0.339 e. The SMILES string of the molecule is O=C(NC1(c2noc(C3CC3)n2)CCCC1)c1ccncc1. The van der Waals surface area contributed by atoms with Crippen molar-refractivity contribution in [3.8, 4) is 0 Å². The molecular weight excluding hydrogens is 280 g/mol. The molecule has 2 heterocycles. The van der Waals surface area contributed by atoms with Gasteiger partial charge in [-0.1, -0.05) is 18.0 Å². The third-order valence-corrected chi connectivity index (χ3v) is 4.55. The molecule has 0 unspecified atom stereocenters. The number of amides is 1. The average Bonchev–Trinajstić information content (AvgIpc) is 3.09. The molecule has 1 N–H and O–H groups in total. The van der Waals surface area contributed by atoms with E-state index in [0.29, 0.717) is 17.3 Å². The van der Waals surface area contributed by atoms with Crippen molar-refractivity contribution >= 4 is 5.91 Å². The number of carbonyl (C=O) groups is 1. The van der Waals surface area contributed by atoms with Crippen molar-refractivity contribution in [1.29, 1.82) is 0 Å². The van der Waals surface area contributed by atoms with Gasteiger partial charge in [0.05, 0.1) is 0 Å². The Hall–Kier alpha value is -2.24. The van der Waals surface area contributed by atoms with E-state index in [2.05, 4.69) is 20.4 Å². The molecule has 0 aromatic carbocycles. The molecule has 0 atom stereocenters. The molecule has 0 bridgehead atoms. The maximum Gasteiger partial charge on any atom is 0.252 e. The molecule has 0 aliphatic heterocycles. The van der Waals surface area contributed by atoms with E-state index in [0.717, 1.165) is 44.4 Å². The molecule has 0 spiro atoms. The van der Waals surface area contributed by atoms with Gasteiger partial charge in [0.25, 0.3) is 5.91 Å². The molecule has 1 amide bonds. The summed E-state index contributed by atoms with van der Waals surface area (Å²) in [4.78, 5) is 21.0. The fourth-order valence-electron chi connectivity index (χ4n) is 3.10. The highest BCUT2D eigenvalue weighted by Crippen LogP contribution is 2.42. The average molecular weight is 298 g/mol. The molecule has 6 heteroatoms. The monoisotopic (exact) mass is 298 g/mol. The molecule has 0 radical (unpaired) electrons. The number of hydrogen-bond acceptors (Lipinski definition) is 5. The molecule has 114 valence electrons. The third kappa shape index (κ3) is 2.38. The first-order valence-electron chi connectivity index (χ1n) is 7.83. The molecule has 2 saturated carbocycles. The Morgan fingerprint density at radius 1 is 1.23 bits per heavy atom. The minimum absolute atomic E-state index is 0.109. The highest BCUT2D eigenvalue weighted by atomic mass is 16.5. The van der Waals surface area contributed by atoms with Crippen LogP contribution in [-0.4, -0.2) is 21.0 Å². The topological polar surface area (TPSA) is 80.9 Å². The quantitative estimate of drug-likeness (QED) is 0.938. The maximum atomic E-state index is 12.5. The zero-order valence-corrected chi connectivity index (χ0v) is 12.3. The lowest BCUT2D eigenvalue weighted by atomic mass is 9.96. The van der Waals surface area contributed by atoms with Crippen molar-refractivity contribution in [3.63, 3.8) is 0 Å². The fourth-order valence-corrected chi connectivity index (χ4v) is 3.10. The molecule has 6 nitrogen and oxygen atoms in total. The number of rotatable bonds is 4. The maximum absolute atomic E-state index is 12.5. The predicted octanol–water partition coefficient (Wildman–Crippen LogP) is 2.54. The zero-order valence-electron chi connectivity index (χ0n) is 12.3. The third-order valence-electron chi connectivity index (χ3n) is 4.55. The van der Waals surface area contributed by atoms with Gasteiger partial charge >= 0.3 is 0 Å². The van der Waals surface area contributed by atoms with Gasteiger partial charge in [0.15, 0.2) is 5.82 Å². The van der Waals surface area contributed by atoms with Gasteiger partial charge in [-0.2, -0.15) is 4.98 Å². The summed E-state index contributed by atoms with van der Waals surface area (Å²) < 4.78 is 5.39. The van der Waals surface area contributed by atoms with Crippen LogP contribution in [0.2, 0.25) is 0 Å². The van der Waals surface area contributed by atoms with Crippen molar-refractivity contribution in [2.75, 3.05) is 0 Å². The highest BCUT2D eigenvalue weighted by molar-refractivity contribution is 5.94. The standard InChI is InChI=1S/C16H18N4O2/c21-13(11-5-9-17-10-6-11)19-16(7-1-2-8-16)15-18-14(22-20-15)12-3-4-12/h5-6,9-10,12H,1-4,7-8H2,(H,19,21). The number of pyridine rings is 1. The van der Waals surface area contributed by atoms with Gasteiger partial charge in [0.2, 0.25) is 5.89 Å². The molecule has 2 aliphatic carbocycles. The van der Waals surface area contributed by atoms with E-state index in [9.17, 15) is 4.79 Å². The number of carbonyl (C=O) groups excluding carboxylic acids is 1. The summed E-state index contributed by atoms with van der Waals surface area (Å²) in [5.41, 5.74) is 0.115. The molecule has 22 heavy (non-hydrogen) atoms. The van der Waals surface area contributed by atoms with Crippen LogP contribution in [0.15, 0.2) is 29.0 Å². The molecule has 2 aliphatic rings. The minimum atomic E-state index is -0.489. The lowest BCUT2D eigenvalue weighted by Gasteiger charge is -2.26. The Morgan fingerprint density at radius 3 is 2.64 bits per heavy atom. The van der Waals surface area contributed by atoms with Gasteiger partial charge in [-0.15, -0.1) is 0 Å². The van der Waals surface area contributed by atoms with Gasteiger partial charge in [-0.25, -0.2) is 0 Å². The van der Waals surface area contributed by atoms with Crippen molar-refractivity contribution in [1.82, 2.24) is 20.4 Å². The normalized spacial score (nSPS) is 20.0. The first-order chi connectivity index (χ1) is 10.8. The van der Waals surface area contributed by atoms with Crippen molar-refractivity contribution in [2.24, 2.45) is 0 Å².